The van der Waals surface area contributed by atoms with Gasteiger partial charge in [-0.05, 0) is 119 Å². The van der Waals surface area contributed by atoms with Crippen molar-refractivity contribution >= 4 is 5.57 Å². The molecule has 3 aliphatic carbocycles. The first-order valence-corrected chi connectivity index (χ1v) is 14.4. The van der Waals surface area contributed by atoms with E-state index in [9.17, 15) is 0 Å². The molecular weight excluding hydrogens is 456 g/mol. The molecule has 3 aliphatic rings. The Morgan fingerprint density at radius 3 is 2.16 bits per heavy atom. The fraction of sp³-hybridized carbons (Fsp3) is 0.421. The zero-order valence-corrected chi connectivity index (χ0v) is 25.3. The SMILES string of the molecule is C=C(C)C1=C(C)CC2(C)CC3(C)Cc4c(C(C)C)cc(-c5ccccc5)c(C)c4C(=C)C3=C(C)C2(C)C1=C. The highest BCUT2D eigenvalue weighted by Crippen LogP contribution is 2.70. The lowest BCUT2D eigenvalue weighted by molar-refractivity contribution is 0.0543. The van der Waals surface area contributed by atoms with Gasteiger partial charge in [-0.1, -0.05) is 107 Å². The molecule has 198 valence electrons. The molecule has 3 unspecified atom stereocenters. The molecule has 2 aromatic carbocycles. The lowest BCUT2D eigenvalue weighted by Gasteiger charge is -2.62. The molecule has 0 fully saturated rings. The van der Waals surface area contributed by atoms with Crippen LogP contribution in [0.1, 0.15) is 96.4 Å². The molecule has 0 heterocycles. The molecule has 2 aromatic rings. The van der Waals surface area contributed by atoms with Gasteiger partial charge in [0.15, 0.2) is 0 Å². The van der Waals surface area contributed by atoms with Crippen molar-refractivity contribution in [1.29, 1.82) is 0 Å². The van der Waals surface area contributed by atoms with Crippen molar-refractivity contribution in [1.82, 2.24) is 0 Å². The van der Waals surface area contributed by atoms with E-state index < -0.39 is 0 Å². The van der Waals surface area contributed by atoms with Crippen LogP contribution >= 0.6 is 0 Å². The summed E-state index contributed by atoms with van der Waals surface area (Å²) in [5, 5.41) is 0. The Balaban J connectivity index is 1.81. The first-order chi connectivity index (χ1) is 17.7. The predicted octanol–water partition coefficient (Wildman–Crippen LogP) is 10.9. The molecule has 38 heavy (non-hydrogen) atoms. The molecule has 0 aliphatic heterocycles. The van der Waals surface area contributed by atoms with E-state index >= 15 is 0 Å². The molecule has 0 heteroatoms. The number of rotatable bonds is 3. The molecule has 0 radical (unpaired) electrons. The van der Waals surface area contributed by atoms with Crippen LogP contribution in [0.4, 0.5) is 0 Å². The lowest BCUT2D eigenvalue weighted by Crippen LogP contribution is -2.52. The van der Waals surface area contributed by atoms with E-state index in [1.54, 1.807) is 0 Å². The van der Waals surface area contributed by atoms with Gasteiger partial charge in [-0.15, -0.1) is 0 Å². The van der Waals surface area contributed by atoms with E-state index in [1.807, 2.05) is 0 Å². The average Bonchev–Trinajstić information content (AvgIpc) is 2.81. The lowest BCUT2D eigenvalue weighted by atomic mass is 9.41. The van der Waals surface area contributed by atoms with Gasteiger partial charge >= 0.3 is 0 Å². The highest BCUT2D eigenvalue weighted by molar-refractivity contribution is 5.90. The summed E-state index contributed by atoms with van der Waals surface area (Å²) in [6.45, 7) is 35.4. The number of hydrogen-bond donors (Lipinski definition) is 0. The third-order valence-electron chi connectivity index (χ3n) is 10.7. The summed E-state index contributed by atoms with van der Waals surface area (Å²) in [5.74, 6) is 0.456. The fourth-order valence-corrected chi connectivity index (χ4v) is 9.06. The maximum Gasteiger partial charge on any atom is 0.0194 e. The first kappa shape index (κ1) is 26.7. The Morgan fingerprint density at radius 2 is 1.58 bits per heavy atom. The van der Waals surface area contributed by atoms with E-state index in [2.05, 4.69) is 105 Å². The van der Waals surface area contributed by atoms with Crippen LogP contribution in [0.2, 0.25) is 0 Å². The maximum atomic E-state index is 4.90. The monoisotopic (exact) mass is 502 g/mol. The minimum atomic E-state index is -0.123. The van der Waals surface area contributed by atoms with Crippen molar-refractivity contribution in [3.05, 3.63) is 112 Å². The number of allylic oxidation sites excluding steroid dienone is 7. The molecule has 0 saturated carbocycles. The summed E-state index contributed by atoms with van der Waals surface area (Å²) >= 11 is 0. The molecule has 0 saturated heterocycles. The van der Waals surface area contributed by atoms with E-state index in [1.165, 1.54) is 66.8 Å². The summed E-state index contributed by atoms with van der Waals surface area (Å²) in [5.41, 5.74) is 17.8. The summed E-state index contributed by atoms with van der Waals surface area (Å²) in [4.78, 5) is 0. The largest absolute Gasteiger partial charge is 0.0955 e. The van der Waals surface area contributed by atoms with Crippen LogP contribution < -0.4 is 0 Å². The molecular formula is C38H46. The summed E-state index contributed by atoms with van der Waals surface area (Å²) in [7, 11) is 0. The van der Waals surface area contributed by atoms with E-state index in [4.69, 9.17) is 13.2 Å². The van der Waals surface area contributed by atoms with Gasteiger partial charge in [0.25, 0.3) is 0 Å². The second-order valence-corrected chi connectivity index (χ2v) is 13.7. The van der Waals surface area contributed by atoms with Crippen LogP contribution in [0.3, 0.4) is 0 Å². The van der Waals surface area contributed by atoms with Gasteiger partial charge in [-0.2, -0.15) is 0 Å². The average molecular weight is 503 g/mol. The maximum absolute atomic E-state index is 4.90. The standard InChI is InChI=1S/C38H46/c1-22(2)30-18-31(29-16-14-13-15-17-29)25(6)34-26(7)35-28(9)38(12)27(8)33(23(3)4)24(5)19-37(38,11)21-36(35,10)20-32(30)34/h13-18,22H,3,7-8,19-21H2,1-2,4-6,9-12H3. The van der Waals surface area contributed by atoms with Gasteiger partial charge in [0, 0.05) is 5.41 Å². The highest BCUT2D eigenvalue weighted by atomic mass is 14.6. The van der Waals surface area contributed by atoms with Crippen molar-refractivity contribution < 1.29 is 0 Å². The van der Waals surface area contributed by atoms with Gasteiger partial charge in [0.2, 0.25) is 0 Å². The third-order valence-corrected chi connectivity index (χ3v) is 10.7. The van der Waals surface area contributed by atoms with Gasteiger partial charge in [-0.25, -0.2) is 0 Å². The fourth-order valence-electron chi connectivity index (χ4n) is 9.06. The molecule has 0 N–H and O–H groups in total. The van der Waals surface area contributed by atoms with Crippen molar-refractivity contribution in [2.24, 2.45) is 16.2 Å². The van der Waals surface area contributed by atoms with E-state index in [0.717, 1.165) is 24.8 Å². The van der Waals surface area contributed by atoms with E-state index in [-0.39, 0.29) is 16.2 Å². The molecule has 5 rings (SSSR count). The normalized spacial score (nSPS) is 28.9. The quantitative estimate of drug-likeness (QED) is 0.391. The van der Waals surface area contributed by atoms with Gasteiger partial charge in [0.1, 0.15) is 0 Å². The molecule has 0 nitrogen and oxygen atoms in total. The third kappa shape index (κ3) is 3.41. The molecule has 0 aromatic heterocycles. The highest BCUT2D eigenvalue weighted by Gasteiger charge is 2.59. The zero-order chi connectivity index (χ0) is 27.9. The van der Waals surface area contributed by atoms with Crippen LogP contribution in [-0.4, -0.2) is 0 Å². The van der Waals surface area contributed by atoms with Gasteiger partial charge < -0.3 is 0 Å². The zero-order valence-electron chi connectivity index (χ0n) is 25.3. The Labute approximate surface area is 232 Å². The molecule has 0 spiro atoms. The molecule has 0 amide bonds. The van der Waals surface area contributed by atoms with Gasteiger partial charge in [0.05, 0.1) is 0 Å². The van der Waals surface area contributed by atoms with E-state index in [0.29, 0.717) is 5.92 Å². The smallest absolute Gasteiger partial charge is 0.0194 e. The number of hydrogen-bond acceptors (Lipinski definition) is 0. The Morgan fingerprint density at radius 1 is 0.947 bits per heavy atom. The predicted molar refractivity (Wildman–Crippen MR) is 166 cm³/mol. The minimum absolute atomic E-state index is 0.0497. The molecule has 0 bridgehead atoms. The van der Waals surface area contributed by atoms with Crippen molar-refractivity contribution in [3.63, 3.8) is 0 Å². The van der Waals surface area contributed by atoms with Crippen molar-refractivity contribution in [2.75, 3.05) is 0 Å². The second-order valence-electron chi connectivity index (χ2n) is 13.7. The van der Waals surface area contributed by atoms with Gasteiger partial charge in [-0.3, -0.25) is 0 Å². The van der Waals surface area contributed by atoms with Crippen molar-refractivity contribution in [3.8, 4) is 11.1 Å². The Bertz CT molecular complexity index is 1470. The first-order valence-electron chi connectivity index (χ1n) is 14.4. The van der Waals surface area contributed by atoms with Crippen LogP contribution in [0.5, 0.6) is 0 Å². The summed E-state index contributed by atoms with van der Waals surface area (Å²) in [6.07, 6.45) is 3.30. The Kier molecular flexibility index (Phi) is 6.03. The number of fused-ring (bicyclic) bond motifs is 3. The second kappa shape index (κ2) is 8.57. The van der Waals surface area contributed by atoms with Crippen LogP contribution in [-0.2, 0) is 6.42 Å². The minimum Gasteiger partial charge on any atom is -0.0955 e. The summed E-state index contributed by atoms with van der Waals surface area (Å²) < 4.78 is 0. The Hall–Kier alpha value is -2.86. The van der Waals surface area contributed by atoms with Crippen molar-refractivity contribution in [2.45, 2.75) is 87.5 Å². The number of benzene rings is 2. The topological polar surface area (TPSA) is 0 Å². The molecule has 3 atom stereocenters. The van der Waals surface area contributed by atoms with Crippen LogP contribution in [0, 0.1) is 23.2 Å². The van der Waals surface area contributed by atoms with Crippen LogP contribution in [0.15, 0.2) is 89.6 Å². The summed E-state index contributed by atoms with van der Waals surface area (Å²) in [6, 6.07) is 13.4. The van der Waals surface area contributed by atoms with Crippen LogP contribution in [0.25, 0.3) is 16.7 Å².